The van der Waals surface area contributed by atoms with Crippen molar-refractivity contribution in [3.63, 3.8) is 0 Å². The Morgan fingerprint density at radius 2 is 2.31 bits per heavy atom. The summed E-state index contributed by atoms with van der Waals surface area (Å²) < 4.78 is 0. The van der Waals surface area contributed by atoms with Gasteiger partial charge in [0.15, 0.2) is 0 Å². The number of phenolic OH excluding ortho intramolecular Hbond substituents is 1. The monoisotopic (exact) mass is 197 g/mol. The van der Waals surface area contributed by atoms with Crippen molar-refractivity contribution in [2.24, 2.45) is 5.73 Å². The Balaban J connectivity index is 2.94. The van der Waals surface area contributed by atoms with E-state index in [1.807, 2.05) is 0 Å². The van der Waals surface area contributed by atoms with Gasteiger partial charge in [-0.2, -0.15) is 0 Å². The molecule has 1 aromatic rings. The summed E-state index contributed by atoms with van der Waals surface area (Å²) in [4.78, 5) is 0. The van der Waals surface area contributed by atoms with Crippen LogP contribution in [0.5, 0.6) is 5.75 Å². The van der Waals surface area contributed by atoms with Gasteiger partial charge in [-0.15, -0.1) is 6.58 Å². The highest BCUT2D eigenvalue weighted by Gasteiger charge is 2.08. The molecule has 0 spiro atoms. The van der Waals surface area contributed by atoms with E-state index in [0.29, 0.717) is 17.0 Å². The van der Waals surface area contributed by atoms with Gasteiger partial charge in [0, 0.05) is 16.6 Å². The zero-order chi connectivity index (χ0) is 9.84. The quantitative estimate of drug-likeness (QED) is 0.732. The summed E-state index contributed by atoms with van der Waals surface area (Å²) in [5.41, 5.74) is 6.48. The minimum atomic E-state index is -0.213. The molecule has 0 amide bonds. The van der Waals surface area contributed by atoms with Crippen molar-refractivity contribution < 1.29 is 5.11 Å². The second-order valence-corrected chi connectivity index (χ2v) is 3.27. The molecule has 3 heteroatoms. The van der Waals surface area contributed by atoms with Crippen LogP contribution in [0.3, 0.4) is 0 Å². The van der Waals surface area contributed by atoms with Crippen LogP contribution in [0.2, 0.25) is 5.02 Å². The van der Waals surface area contributed by atoms with Gasteiger partial charge in [-0.25, -0.2) is 0 Å². The highest BCUT2D eigenvalue weighted by atomic mass is 35.5. The Bertz CT molecular complexity index is 312. The number of aromatic hydroxyl groups is 1. The van der Waals surface area contributed by atoms with Gasteiger partial charge >= 0.3 is 0 Å². The predicted octanol–water partition coefficient (Wildman–Crippen LogP) is 2.62. The molecule has 2 nitrogen and oxygen atoms in total. The molecule has 0 saturated heterocycles. The van der Waals surface area contributed by atoms with Gasteiger partial charge in [-0.3, -0.25) is 0 Å². The van der Waals surface area contributed by atoms with Crippen molar-refractivity contribution in [1.29, 1.82) is 0 Å². The standard InChI is InChI=1S/C10H12ClNO/c1-2-3-9(12)8-5-4-7(11)6-10(8)13/h2,4-6,9,13H,1,3,12H2/t9-/m0/s1. The maximum absolute atomic E-state index is 9.49. The Morgan fingerprint density at radius 3 is 2.85 bits per heavy atom. The fourth-order valence-corrected chi connectivity index (χ4v) is 1.30. The number of nitrogens with two attached hydrogens (primary N) is 1. The first kappa shape index (κ1) is 10.1. The van der Waals surface area contributed by atoms with E-state index in [0.717, 1.165) is 0 Å². The second-order valence-electron chi connectivity index (χ2n) is 2.83. The molecule has 0 aliphatic carbocycles. The van der Waals surface area contributed by atoms with Crippen LogP contribution in [0, 0.1) is 0 Å². The van der Waals surface area contributed by atoms with Crippen LogP contribution in [0.25, 0.3) is 0 Å². The van der Waals surface area contributed by atoms with E-state index in [1.54, 1.807) is 18.2 Å². The molecule has 0 heterocycles. The third-order valence-corrected chi connectivity index (χ3v) is 2.05. The molecule has 0 radical (unpaired) electrons. The van der Waals surface area contributed by atoms with Gasteiger partial charge in [0.25, 0.3) is 0 Å². The maximum Gasteiger partial charge on any atom is 0.121 e. The Kier molecular flexibility index (Phi) is 3.34. The van der Waals surface area contributed by atoms with Crippen LogP contribution in [-0.4, -0.2) is 5.11 Å². The minimum Gasteiger partial charge on any atom is -0.508 e. The van der Waals surface area contributed by atoms with E-state index in [1.165, 1.54) is 6.07 Å². The second kappa shape index (κ2) is 4.30. The van der Waals surface area contributed by atoms with Crippen LogP contribution >= 0.6 is 11.6 Å². The summed E-state index contributed by atoms with van der Waals surface area (Å²) >= 11 is 5.68. The molecule has 0 bridgehead atoms. The summed E-state index contributed by atoms with van der Waals surface area (Å²) in [6, 6.07) is 4.71. The number of rotatable bonds is 3. The third kappa shape index (κ3) is 2.47. The zero-order valence-corrected chi connectivity index (χ0v) is 7.96. The average molecular weight is 198 g/mol. The summed E-state index contributed by atoms with van der Waals surface area (Å²) in [6.45, 7) is 3.59. The first-order chi connectivity index (χ1) is 6.15. The lowest BCUT2D eigenvalue weighted by atomic mass is 10.0. The summed E-state index contributed by atoms with van der Waals surface area (Å²) in [7, 11) is 0. The molecule has 0 fully saturated rings. The molecule has 70 valence electrons. The van der Waals surface area contributed by atoms with Gasteiger partial charge < -0.3 is 10.8 Å². The maximum atomic E-state index is 9.49. The molecule has 0 aromatic heterocycles. The van der Waals surface area contributed by atoms with Crippen LogP contribution in [-0.2, 0) is 0 Å². The number of hydrogen-bond acceptors (Lipinski definition) is 2. The molecule has 1 atom stereocenters. The molecule has 0 saturated carbocycles. The zero-order valence-electron chi connectivity index (χ0n) is 7.20. The SMILES string of the molecule is C=CC[C@H](N)c1ccc(Cl)cc1O. The predicted molar refractivity (Wildman–Crippen MR) is 54.9 cm³/mol. The number of hydrogen-bond donors (Lipinski definition) is 2. The number of halogens is 1. The molecule has 0 aliphatic rings. The van der Waals surface area contributed by atoms with E-state index in [4.69, 9.17) is 17.3 Å². The van der Waals surface area contributed by atoms with Crippen molar-refractivity contribution in [2.75, 3.05) is 0 Å². The highest BCUT2D eigenvalue weighted by molar-refractivity contribution is 6.30. The van der Waals surface area contributed by atoms with Crippen molar-refractivity contribution >= 4 is 11.6 Å². The lowest BCUT2D eigenvalue weighted by Gasteiger charge is -2.11. The molecular formula is C10H12ClNO. The fraction of sp³-hybridized carbons (Fsp3) is 0.200. The topological polar surface area (TPSA) is 46.2 Å². The molecule has 0 aliphatic heterocycles. The van der Waals surface area contributed by atoms with Crippen LogP contribution in [0.4, 0.5) is 0 Å². The van der Waals surface area contributed by atoms with Gasteiger partial charge in [-0.05, 0) is 18.6 Å². The fourth-order valence-electron chi connectivity index (χ4n) is 1.14. The Morgan fingerprint density at radius 1 is 1.62 bits per heavy atom. The smallest absolute Gasteiger partial charge is 0.121 e. The molecule has 3 N–H and O–H groups in total. The third-order valence-electron chi connectivity index (χ3n) is 1.81. The van der Waals surface area contributed by atoms with E-state index in [2.05, 4.69) is 6.58 Å². The van der Waals surface area contributed by atoms with Crippen molar-refractivity contribution in [3.8, 4) is 5.75 Å². The van der Waals surface area contributed by atoms with Crippen LogP contribution in [0.15, 0.2) is 30.9 Å². The lowest BCUT2D eigenvalue weighted by Crippen LogP contribution is -2.08. The van der Waals surface area contributed by atoms with E-state index >= 15 is 0 Å². The van der Waals surface area contributed by atoms with E-state index < -0.39 is 0 Å². The summed E-state index contributed by atoms with van der Waals surface area (Å²) in [5, 5.41) is 10.00. The van der Waals surface area contributed by atoms with Gasteiger partial charge in [0.05, 0.1) is 0 Å². The van der Waals surface area contributed by atoms with Crippen molar-refractivity contribution in [1.82, 2.24) is 0 Å². The average Bonchev–Trinajstić information content (AvgIpc) is 2.04. The van der Waals surface area contributed by atoms with Crippen molar-refractivity contribution in [2.45, 2.75) is 12.5 Å². The van der Waals surface area contributed by atoms with Gasteiger partial charge in [-0.1, -0.05) is 23.7 Å². The number of phenols is 1. The Hall–Kier alpha value is -0.990. The number of benzene rings is 1. The molecule has 13 heavy (non-hydrogen) atoms. The normalized spacial score (nSPS) is 12.5. The summed E-state index contributed by atoms with van der Waals surface area (Å²) in [5.74, 6) is 0.141. The highest BCUT2D eigenvalue weighted by Crippen LogP contribution is 2.27. The first-order valence-corrected chi connectivity index (χ1v) is 4.38. The summed E-state index contributed by atoms with van der Waals surface area (Å²) in [6.07, 6.45) is 2.36. The van der Waals surface area contributed by atoms with E-state index in [9.17, 15) is 5.11 Å². The molecule has 1 rings (SSSR count). The molecule has 0 unspecified atom stereocenters. The molecule has 1 aromatic carbocycles. The van der Waals surface area contributed by atoms with Crippen LogP contribution in [0.1, 0.15) is 18.0 Å². The lowest BCUT2D eigenvalue weighted by molar-refractivity contribution is 0.462. The van der Waals surface area contributed by atoms with E-state index in [-0.39, 0.29) is 11.8 Å². The van der Waals surface area contributed by atoms with Gasteiger partial charge in [0.2, 0.25) is 0 Å². The largest absolute Gasteiger partial charge is 0.508 e. The van der Waals surface area contributed by atoms with Crippen molar-refractivity contribution in [3.05, 3.63) is 41.4 Å². The van der Waals surface area contributed by atoms with Crippen LogP contribution < -0.4 is 5.73 Å². The molecular weight excluding hydrogens is 186 g/mol. The first-order valence-electron chi connectivity index (χ1n) is 4.00. The van der Waals surface area contributed by atoms with Gasteiger partial charge in [0.1, 0.15) is 5.75 Å². The minimum absolute atomic E-state index is 0.141. The Labute approximate surface area is 82.6 Å².